The van der Waals surface area contributed by atoms with Crippen LogP contribution in [-0.2, 0) is 18.7 Å². The number of hydrogen-bond acceptors (Lipinski definition) is 4. The highest BCUT2D eigenvalue weighted by atomic mass is 28.4. The lowest BCUT2D eigenvalue weighted by molar-refractivity contribution is -0.152. The minimum Gasteiger partial charge on any atom is -0.403 e. The molecule has 25 heavy (non-hydrogen) atoms. The SMILES string of the molecule is C=C1C(=O)C(C)=C(C)C1(CCC1(C)OCCO1)O[Si](CC)(CC)CC. The quantitative estimate of drug-likeness (QED) is 0.459. The summed E-state index contributed by atoms with van der Waals surface area (Å²) in [5, 5.41) is 0. The van der Waals surface area contributed by atoms with Crippen LogP contribution in [-0.4, -0.2) is 38.7 Å². The number of Topliss-reactive ketones (excluding diaryl/α,β-unsaturated/α-hetero) is 1. The third-order valence-corrected chi connectivity index (χ3v) is 11.1. The van der Waals surface area contributed by atoms with Crippen LogP contribution in [0.3, 0.4) is 0 Å². The Morgan fingerprint density at radius 2 is 1.60 bits per heavy atom. The summed E-state index contributed by atoms with van der Waals surface area (Å²) in [5.74, 6) is -0.548. The lowest BCUT2D eigenvalue weighted by atomic mass is 9.86. The zero-order valence-corrected chi connectivity index (χ0v) is 17.8. The maximum atomic E-state index is 12.7. The van der Waals surface area contributed by atoms with E-state index in [0.29, 0.717) is 31.6 Å². The van der Waals surface area contributed by atoms with Crippen molar-refractivity contribution in [3.8, 4) is 0 Å². The molecule has 1 aliphatic heterocycles. The van der Waals surface area contributed by atoms with Crippen LogP contribution in [0.15, 0.2) is 23.3 Å². The number of hydrogen-bond donors (Lipinski definition) is 0. The molecule has 142 valence electrons. The van der Waals surface area contributed by atoms with Crippen molar-refractivity contribution in [3.05, 3.63) is 23.3 Å². The van der Waals surface area contributed by atoms with Crippen LogP contribution in [0.4, 0.5) is 0 Å². The molecule has 0 radical (unpaired) electrons. The van der Waals surface area contributed by atoms with Crippen LogP contribution >= 0.6 is 0 Å². The normalized spacial score (nSPS) is 26.8. The Bertz CT molecular complexity index is 562. The van der Waals surface area contributed by atoms with Gasteiger partial charge in [0.25, 0.3) is 0 Å². The minimum absolute atomic E-state index is 0.0436. The van der Waals surface area contributed by atoms with Gasteiger partial charge in [-0.05, 0) is 56.5 Å². The Hall–Kier alpha value is -0.753. The molecular formula is C20H34O4Si. The predicted octanol–water partition coefficient (Wildman–Crippen LogP) is 4.77. The first kappa shape index (κ1) is 20.6. The molecule has 0 aromatic rings. The molecule has 5 heteroatoms. The van der Waals surface area contributed by atoms with Crippen molar-refractivity contribution in [2.45, 2.75) is 83.9 Å². The molecule has 0 N–H and O–H groups in total. The fourth-order valence-corrected chi connectivity index (χ4v) is 7.13. The number of allylic oxidation sites excluding steroid dienone is 1. The number of ether oxygens (including phenoxy) is 2. The lowest BCUT2D eigenvalue weighted by Crippen LogP contribution is -2.49. The van der Waals surface area contributed by atoms with Crippen molar-refractivity contribution < 1.29 is 18.7 Å². The molecule has 2 aliphatic rings. The Morgan fingerprint density at radius 1 is 1.08 bits per heavy atom. The van der Waals surface area contributed by atoms with Gasteiger partial charge in [0.15, 0.2) is 19.9 Å². The van der Waals surface area contributed by atoms with Gasteiger partial charge in [0.2, 0.25) is 0 Å². The topological polar surface area (TPSA) is 44.8 Å². The zero-order valence-electron chi connectivity index (χ0n) is 16.8. The highest BCUT2D eigenvalue weighted by Gasteiger charge is 2.51. The van der Waals surface area contributed by atoms with E-state index in [1.165, 1.54) is 0 Å². The first-order valence-corrected chi connectivity index (χ1v) is 12.1. The van der Waals surface area contributed by atoms with Gasteiger partial charge in [0.1, 0.15) is 5.60 Å². The Balaban J connectivity index is 2.38. The van der Waals surface area contributed by atoms with E-state index in [2.05, 4.69) is 27.4 Å². The Kier molecular flexibility index (Phi) is 6.14. The largest absolute Gasteiger partial charge is 0.403 e. The van der Waals surface area contributed by atoms with Gasteiger partial charge in [0.05, 0.1) is 13.2 Å². The van der Waals surface area contributed by atoms with Crippen LogP contribution in [0.25, 0.3) is 0 Å². The highest BCUT2D eigenvalue weighted by Crippen LogP contribution is 2.47. The van der Waals surface area contributed by atoms with Gasteiger partial charge in [-0.15, -0.1) is 0 Å². The molecule has 1 fully saturated rings. The molecule has 1 saturated heterocycles. The Morgan fingerprint density at radius 3 is 2.00 bits per heavy atom. The summed E-state index contributed by atoms with van der Waals surface area (Å²) in [7, 11) is -1.93. The van der Waals surface area contributed by atoms with Crippen LogP contribution in [0.2, 0.25) is 18.1 Å². The first-order valence-electron chi connectivity index (χ1n) is 9.59. The van der Waals surface area contributed by atoms with Gasteiger partial charge in [-0.1, -0.05) is 27.4 Å². The highest BCUT2D eigenvalue weighted by molar-refractivity contribution is 6.73. The summed E-state index contributed by atoms with van der Waals surface area (Å²) >= 11 is 0. The second kappa shape index (κ2) is 7.47. The molecular weight excluding hydrogens is 332 g/mol. The molecule has 1 aliphatic carbocycles. The molecule has 0 bridgehead atoms. The second-order valence-corrected chi connectivity index (χ2v) is 12.3. The maximum Gasteiger partial charge on any atom is 0.193 e. The molecule has 0 amide bonds. The standard InChI is InChI=1S/C20H34O4Si/c1-8-25(9-2,10-3)24-20(12-11-19(7)22-13-14-23-19)16(5)15(4)18(21)17(20)6/h6,8-14H2,1-5,7H3. The van der Waals surface area contributed by atoms with Gasteiger partial charge in [-0.3, -0.25) is 4.79 Å². The average molecular weight is 367 g/mol. The first-order chi connectivity index (χ1) is 11.7. The molecule has 0 aromatic heterocycles. The number of ketones is 1. The van der Waals surface area contributed by atoms with Crippen LogP contribution in [0.5, 0.6) is 0 Å². The van der Waals surface area contributed by atoms with E-state index in [1.807, 2.05) is 20.8 Å². The molecule has 4 nitrogen and oxygen atoms in total. The molecule has 0 aromatic carbocycles. The van der Waals surface area contributed by atoms with Crippen LogP contribution in [0, 0.1) is 0 Å². The van der Waals surface area contributed by atoms with Crippen molar-refractivity contribution in [3.63, 3.8) is 0 Å². The molecule has 1 unspecified atom stereocenters. The fraction of sp³-hybridized carbons (Fsp3) is 0.750. The minimum atomic E-state index is -1.93. The molecule has 0 saturated carbocycles. The Labute approximate surface area is 153 Å². The van der Waals surface area contributed by atoms with E-state index in [1.54, 1.807) is 0 Å². The molecule has 0 spiro atoms. The summed E-state index contributed by atoms with van der Waals surface area (Å²) in [6.45, 7) is 17.9. The molecule has 1 heterocycles. The lowest BCUT2D eigenvalue weighted by Gasteiger charge is -2.43. The summed E-state index contributed by atoms with van der Waals surface area (Å²) < 4.78 is 18.5. The monoisotopic (exact) mass is 366 g/mol. The van der Waals surface area contributed by atoms with E-state index in [4.69, 9.17) is 13.9 Å². The maximum absolute atomic E-state index is 12.7. The smallest absolute Gasteiger partial charge is 0.193 e. The predicted molar refractivity (Wildman–Crippen MR) is 103 cm³/mol. The van der Waals surface area contributed by atoms with Crippen molar-refractivity contribution in [1.29, 1.82) is 0 Å². The van der Waals surface area contributed by atoms with E-state index >= 15 is 0 Å². The fourth-order valence-electron chi connectivity index (χ4n) is 4.08. The van der Waals surface area contributed by atoms with Crippen molar-refractivity contribution in [1.82, 2.24) is 0 Å². The van der Waals surface area contributed by atoms with E-state index in [0.717, 1.165) is 29.3 Å². The third kappa shape index (κ3) is 3.57. The zero-order chi connectivity index (χ0) is 18.9. The van der Waals surface area contributed by atoms with E-state index in [-0.39, 0.29) is 5.78 Å². The van der Waals surface area contributed by atoms with Gasteiger partial charge >= 0.3 is 0 Å². The van der Waals surface area contributed by atoms with Gasteiger partial charge in [0, 0.05) is 12.0 Å². The van der Waals surface area contributed by atoms with Crippen LogP contribution < -0.4 is 0 Å². The van der Waals surface area contributed by atoms with Crippen molar-refractivity contribution >= 4 is 14.1 Å². The average Bonchev–Trinajstić information content (AvgIpc) is 3.12. The summed E-state index contributed by atoms with van der Waals surface area (Å²) in [6, 6.07) is 3.12. The number of rotatable bonds is 8. The number of carbonyl (C=O) groups excluding carboxylic acids is 1. The van der Waals surface area contributed by atoms with Gasteiger partial charge in [-0.25, -0.2) is 0 Å². The summed E-state index contributed by atoms with van der Waals surface area (Å²) in [4.78, 5) is 12.7. The van der Waals surface area contributed by atoms with Gasteiger partial charge in [-0.2, -0.15) is 0 Å². The molecule has 2 rings (SSSR count). The summed E-state index contributed by atoms with van der Waals surface area (Å²) in [6.07, 6.45) is 1.36. The molecule has 1 atom stereocenters. The van der Waals surface area contributed by atoms with Crippen molar-refractivity contribution in [2.75, 3.05) is 13.2 Å². The third-order valence-electron chi connectivity index (χ3n) is 6.42. The number of carbonyl (C=O) groups is 1. The van der Waals surface area contributed by atoms with E-state index < -0.39 is 19.7 Å². The second-order valence-electron chi connectivity index (χ2n) is 7.56. The summed E-state index contributed by atoms with van der Waals surface area (Å²) in [5.41, 5.74) is 1.72. The van der Waals surface area contributed by atoms with Gasteiger partial charge < -0.3 is 13.9 Å². The van der Waals surface area contributed by atoms with Crippen molar-refractivity contribution in [2.24, 2.45) is 0 Å². The van der Waals surface area contributed by atoms with Crippen LogP contribution in [0.1, 0.15) is 54.4 Å². The van der Waals surface area contributed by atoms with E-state index in [9.17, 15) is 4.79 Å².